The zero-order valence-corrected chi connectivity index (χ0v) is 14.9. The van der Waals surface area contributed by atoms with Crippen molar-refractivity contribution in [3.05, 3.63) is 77.5 Å². The first-order chi connectivity index (χ1) is 13.1. The van der Waals surface area contributed by atoms with E-state index in [1.165, 1.54) is 6.08 Å². The summed E-state index contributed by atoms with van der Waals surface area (Å²) < 4.78 is 0. The average molecular weight is 360 g/mol. The van der Waals surface area contributed by atoms with Gasteiger partial charge in [0.25, 0.3) is 5.91 Å². The van der Waals surface area contributed by atoms with E-state index < -0.39 is 5.91 Å². The summed E-state index contributed by atoms with van der Waals surface area (Å²) in [6.07, 6.45) is 4.68. The molecule has 3 rings (SSSR count). The number of amides is 2. The summed E-state index contributed by atoms with van der Waals surface area (Å²) in [5, 5.41) is 7.54. The molecule has 0 saturated heterocycles. The highest BCUT2D eigenvalue weighted by atomic mass is 16.2. The average Bonchev–Trinajstić information content (AvgIpc) is 3.01. The molecule has 0 bridgehead atoms. The molecule has 3 N–H and O–H groups in total. The van der Waals surface area contributed by atoms with Gasteiger partial charge >= 0.3 is 0 Å². The minimum absolute atomic E-state index is 0.151. The number of carbonyl (C=O) groups is 2. The second kappa shape index (κ2) is 8.62. The molecule has 0 aliphatic rings. The molecule has 2 amide bonds. The van der Waals surface area contributed by atoms with Gasteiger partial charge in [0.15, 0.2) is 0 Å². The van der Waals surface area contributed by atoms with Crippen LogP contribution in [-0.2, 0) is 9.59 Å². The summed E-state index contributed by atoms with van der Waals surface area (Å²) in [7, 11) is 0. The number of carbonyl (C=O) groups excluding carboxylic acids is 2. The van der Waals surface area contributed by atoms with E-state index in [1.807, 2.05) is 61.5 Å². The van der Waals surface area contributed by atoms with Gasteiger partial charge in [-0.2, -0.15) is 5.10 Å². The number of H-pyrrole nitrogens is 1. The number of para-hydroxylation sites is 1. The van der Waals surface area contributed by atoms with Crippen molar-refractivity contribution in [2.75, 3.05) is 6.54 Å². The highest BCUT2D eigenvalue weighted by Crippen LogP contribution is 2.19. The van der Waals surface area contributed by atoms with E-state index in [4.69, 9.17) is 0 Å². The molecule has 0 aliphatic carbocycles. The molecule has 0 radical (unpaired) electrons. The second-order valence-corrected chi connectivity index (χ2v) is 5.96. The number of aromatic amines is 1. The van der Waals surface area contributed by atoms with Crippen LogP contribution in [0.3, 0.4) is 0 Å². The van der Waals surface area contributed by atoms with Crippen molar-refractivity contribution in [2.45, 2.75) is 6.92 Å². The molecule has 0 aliphatic heterocycles. The fourth-order valence-corrected chi connectivity index (χ4v) is 2.64. The number of hydrogen-bond acceptors (Lipinski definition) is 3. The Bertz CT molecular complexity index is 1000. The van der Waals surface area contributed by atoms with Gasteiger partial charge < -0.3 is 10.3 Å². The van der Waals surface area contributed by atoms with Crippen LogP contribution >= 0.6 is 0 Å². The summed E-state index contributed by atoms with van der Waals surface area (Å²) >= 11 is 0. The van der Waals surface area contributed by atoms with E-state index in [1.54, 1.807) is 12.3 Å². The van der Waals surface area contributed by atoms with E-state index >= 15 is 0 Å². The fraction of sp³-hybridized carbons (Fsp3) is 0.0952. The standard InChI is InChI=1S/C21H20N4O2/c1-15-18(17-9-5-6-10-19(17)24-15)13-23-25-21(27)14-22-20(26)12-11-16-7-3-2-4-8-16/h2-13,24H,14H2,1H3,(H,22,26)(H,25,27)/b12-11+,23-13+. The van der Waals surface area contributed by atoms with E-state index in [0.717, 1.165) is 27.7 Å². The number of fused-ring (bicyclic) bond motifs is 1. The zero-order chi connectivity index (χ0) is 19.1. The van der Waals surface area contributed by atoms with Crippen molar-refractivity contribution in [3.8, 4) is 0 Å². The highest BCUT2D eigenvalue weighted by Gasteiger charge is 2.06. The van der Waals surface area contributed by atoms with Crippen molar-refractivity contribution >= 4 is 35.0 Å². The number of benzene rings is 2. The van der Waals surface area contributed by atoms with Crippen LogP contribution in [0.1, 0.15) is 16.8 Å². The first-order valence-electron chi connectivity index (χ1n) is 8.53. The third kappa shape index (κ3) is 4.92. The van der Waals surface area contributed by atoms with Gasteiger partial charge in [-0.1, -0.05) is 48.5 Å². The van der Waals surface area contributed by atoms with Gasteiger partial charge in [0.1, 0.15) is 0 Å². The Hall–Kier alpha value is -3.67. The molecule has 0 atom stereocenters. The van der Waals surface area contributed by atoms with Crippen LogP contribution in [-0.4, -0.2) is 29.6 Å². The minimum Gasteiger partial charge on any atom is -0.358 e. The minimum atomic E-state index is -0.398. The molecule has 0 spiro atoms. The summed E-state index contributed by atoms with van der Waals surface area (Å²) in [4.78, 5) is 26.8. The van der Waals surface area contributed by atoms with Crippen LogP contribution in [0.2, 0.25) is 0 Å². The normalized spacial score (nSPS) is 11.3. The Morgan fingerprint density at radius 1 is 1.07 bits per heavy atom. The van der Waals surface area contributed by atoms with Crippen LogP contribution in [0, 0.1) is 6.92 Å². The lowest BCUT2D eigenvalue weighted by atomic mass is 10.1. The molecule has 0 unspecified atom stereocenters. The maximum absolute atomic E-state index is 11.8. The fourth-order valence-electron chi connectivity index (χ4n) is 2.64. The molecule has 2 aromatic carbocycles. The van der Waals surface area contributed by atoms with Gasteiger partial charge in [0.2, 0.25) is 5.91 Å². The van der Waals surface area contributed by atoms with Crippen molar-refractivity contribution in [1.29, 1.82) is 0 Å². The lowest BCUT2D eigenvalue weighted by Gasteiger charge is -2.01. The Labute approximate surface area is 157 Å². The maximum atomic E-state index is 11.8. The predicted octanol–water partition coefficient (Wildman–Crippen LogP) is 2.76. The smallest absolute Gasteiger partial charge is 0.259 e. The Morgan fingerprint density at radius 3 is 2.63 bits per heavy atom. The second-order valence-electron chi connectivity index (χ2n) is 5.96. The SMILES string of the molecule is Cc1[nH]c2ccccc2c1/C=N/NC(=O)CNC(=O)/C=C/c1ccccc1. The van der Waals surface area contributed by atoms with E-state index in [9.17, 15) is 9.59 Å². The third-order valence-corrected chi connectivity index (χ3v) is 3.98. The van der Waals surface area contributed by atoms with Gasteiger partial charge in [-0.3, -0.25) is 9.59 Å². The number of hydrazone groups is 1. The monoisotopic (exact) mass is 360 g/mol. The number of aromatic nitrogens is 1. The van der Waals surface area contributed by atoms with Crippen molar-refractivity contribution in [3.63, 3.8) is 0 Å². The van der Waals surface area contributed by atoms with Crippen molar-refractivity contribution in [2.24, 2.45) is 5.10 Å². The zero-order valence-electron chi connectivity index (χ0n) is 14.9. The third-order valence-electron chi connectivity index (χ3n) is 3.98. The Balaban J connectivity index is 1.49. The number of rotatable bonds is 6. The molecule has 1 heterocycles. The molecule has 136 valence electrons. The van der Waals surface area contributed by atoms with E-state index in [0.29, 0.717) is 0 Å². The first kappa shape index (κ1) is 18.1. The van der Waals surface area contributed by atoms with Crippen LogP contribution in [0.25, 0.3) is 17.0 Å². The molecule has 27 heavy (non-hydrogen) atoms. The first-order valence-corrected chi connectivity index (χ1v) is 8.53. The summed E-state index contributed by atoms with van der Waals surface area (Å²) in [5.41, 5.74) is 6.23. The van der Waals surface area contributed by atoms with Crippen molar-refractivity contribution in [1.82, 2.24) is 15.7 Å². The van der Waals surface area contributed by atoms with Crippen LogP contribution < -0.4 is 10.7 Å². The van der Waals surface area contributed by atoms with Gasteiger partial charge in [0.05, 0.1) is 12.8 Å². The molecule has 0 fully saturated rings. The number of nitrogens with zero attached hydrogens (tertiary/aromatic N) is 1. The molecule has 6 nitrogen and oxygen atoms in total. The molecular weight excluding hydrogens is 340 g/mol. The lowest BCUT2D eigenvalue weighted by molar-refractivity contribution is -0.123. The lowest BCUT2D eigenvalue weighted by Crippen LogP contribution is -2.34. The quantitative estimate of drug-likeness (QED) is 0.359. The molecule has 0 saturated carbocycles. The number of nitrogens with one attached hydrogen (secondary N) is 3. The van der Waals surface area contributed by atoms with Gasteiger partial charge in [-0.15, -0.1) is 0 Å². The topological polar surface area (TPSA) is 86.3 Å². The van der Waals surface area contributed by atoms with Gasteiger partial charge in [-0.05, 0) is 24.6 Å². The van der Waals surface area contributed by atoms with E-state index in [2.05, 4.69) is 20.8 Å². The van der Waals surface area contributed by atoms with E-state index in [-0.39, 0.29) is 12.5 Å². The van der Waals surface area contributed by atoms with Crippen LogP contribution in [0.4, 0.5) is 0 Å². The molecule has 3 aromatic rings. The van der Waals surface area contributed by atoms with Crippen molar-refractivity contribution < 1.29 is 9.59 Å². The predicted molar refractivity (Wildman–Crippen MR) is 107 cm³/mol. The maximum Gasteiger partial charge on any atom is 0.259 e. The Kier molecular flexibility index (Phi) is 5.79. The molecule has 6 heteroatoms. The summed E-state index contributed by atoms with van der Waals surface area (Å²) in [6, 6.07) is 17.3. The molecule has 1 aromatic heterocycles. The molecular formula is C21H20N4O2. The summed E-state index contributed by atoms with van der Waals surface area (Å²) in [6.45, 7) is 1.80. The van der Waals surface area contributed by atoms with Gasteiger partial charge in [0, 0.05) is 28.2 Å². The van der Waals surface area contributed by atoms with Gasteiger partial charge in [-0.25, -0.2) is 5.43 Å². The Morgan fingerprint density at radius 2 is 1.81 bits per heavy atom. The number of aryl methyl sites for hydroxylation is 1. The largest absolute Gasteiger partial charge is 0.358 e. The highest BCUT2D eigenvalue weighted by molar-refractivity contribution is 6.01. The summed E-state index contributed by atoms with van der Waals surface area (Å²) in [5.74, 6) is -0.740. The van der Waals surface area contributed by atoms with Crippen LogP contribution in [0.15, 0.2) is 65.8 Å². The van der Waals surface area contributed by atoms with Crippen LogP contribution in [0.5, 0.6) is 0 Å². The number of hydrogen-bond donors (Lipinski definition) is 3.